The first-order valence-electron chi connectivity index (χ1n) is 4.12. The van der Waals surface area contributed by atoms with Crippen LogP contribution in [-0.2, 0) is 6.18 Å². The van der Waals surface area contributed by atoms with Crippen LogP contribution < -0.4 is 4.74 Å². The average Bonchev–Trinajstić information content (AvgIpc) is 2.07. The summed E-state index contributed by atoms with van der Waals surface area (Å²) in [5.41, 5.74) is -0.327. The van der Waals surface area contributed by atoms with Gasteiger partial charge in [0.1, 0.15) is 5.69 Å². The molecule has 0 bridgehead atoms. The first-order chi connectivity index (χ1) is 6.45. The lowest BCUT2D eigenvalue weighted by molar-refractivity contribution is -0.141. The van der Waals surface area contributed by atoms with E-state index in [2.05, 4.69) is 4.98 Å². The second-order valence-electron chi connectivity index (χ2n) is 2.75. The van der Waals surface area contributed by atoms with E-state index in [1.54, 1.807) is 13.8 Å². The molecule has 5 heteroatoms. The van der Waals surface area contributed by atoms with Gasteiger partial charge in [0.05, 0.1) is 6.61 Å². The molecule has 0 fully saturated rings. The minimum atomic E-state index is -4.42. The summed E-state index contributed by atoms with van der Waals surface area (Å²) in [5.74, 6) is 0.0438. The van der Waals surface area contributed by atoms with Crippen LogP contribution in [0, 0.1) is 6.92 Å². The molecule has 0 unspecified atom stereocenters. The molecule has 78 valence electrons. The van der Waals surface area contributed by atoms with Gasteiger partial charge in [-0.1, -0.05) is 6.07 Å². The Hall–Kier alpha value is -1.26. The van der Waals surface area contributed by atoms with Gasteiger partial charge in [0.15, 0.2) is 0 Å². The molecule has 0 saturated heterocycles. The summed E-state index contributed by atoms with van der Waals surface area (Å²) in [4.78, 5) is 3.39. The van der Waals surface area contributed by atoms with Gasteiger partial charge in [-0.2, -0.15) is 13.2 Å². The van der Waals surface area contributed by atoms with Gasteiger partial charge >= 0.3 is 6.18 Å². The maximum Gasteiger partial charge on any atom is 0.433 e. The topological polar surface area (TPSA) is 22.1 Å². The van der Waals surface area contributed by atoms with Crippen LogP contribution in [0.1, 0.15) is 18.2 Å². The molecule has 0 aliphatic rings. The number of rotatable bonds is 2. The van der Waals surface area contributed by atoms with E-state index in [4.69, 9.17) is 4.74 Å². The van der Waals surface area contributed by atoms with Gasteiger partial charge < -0.3 is 4.74 Å². The lowest BCUT2D eigenvalue weighted by atomic mass is 10.2. The Bertz CT molecular complexity index is 322. The first kappa shape index (κ1) is 10.8. The van der Waals surface area contributed by atoms with Gasteiger partial charge in [0.25, 0.3) is 0 Å². The Morgan fingerprint density at radius 3 is 2.50 bits per heavy atom. The van der Waals surface area contributed by atoms with E-state index in [9.17, 15) is 13.2 Å². The van der Waals surface area contributed by atoms with E-state index in [0.29, 0.717) is 12.2 Å². The fourth-order valence-electron chi connectivity index (χ4n) is 0.951. The van der Waals surface area contributed by atoms with Crippen molar-refractivity contribution in [1.29, 1.82) is 0 Å². The third-order valence-corrected chi connectivity index (χ3v) is 1.62. The Kier molecular flexibility index (Phi) is 2.98. The van der Waals surface area contributed by atoms with E-state index < -0.39 is 11.9 Å². The summed E-state index contributed by atoms with van der Waals surface area (Å²) in [6, 6.07) is 2.29. The van der Waals surface area contributed by atoms with E-state index in [-0.39, 0.29) is 5.88 Å². The molecule has 0 aliphatic carbocycles. The van der Waals surface area contributed by atoms with Gasteiger partial charge in [-0.15, -0.1) is 0 Å². The van der Waals surface area contributed by atoms with E-state index in [1.165, 1.54) is 6.07 Å². The largest absolute Gasteiger partial charge is 0.478 e. The molecule has 1 rings (SSSR count). The Morgan fingerprint density at radius 2 is 2.00 bits per heavy atom. The quantitative estimate of drug-likeness (QED) is 0.740. The maximum absolute atomic E-state index is 12.2. The molecule has 0 amide bonds. The molecular weight excluding hydrogens is 195 g/mol. The van der Waals surface area contributed by atoms with Crippen LogP contribution in [0.4, 0.5) is 13.2 Å². The zero-order valence-corrected chi connectivity index (χ0v) is 7.85. The highest BCUT2D eigenvalue weighted by Gasteiger charge is 2.32. The highest BCUT2D eigenvalue weighted by Crippen LogP contribution is 2.29. The van der Waals surface area contributed by atoms with Crippen LogP contribution in [0.25, 0.3) is 0 Å². The predicted octanol–water partition coefficient (Wildman–Crippen LogP) is 2.81. The van der Waals surface area contributed by atoms with Crippen molar-refractivity contribution in [3.05, 3.63) is 23.4 Å². The van der Waals surface area contributed by atoms with E-state index >= 15 is 0 Å². The van der Waals surface area contributed by atoms with Crippen molar-refractivity contribution >= 4 is 0 Å². The lowest BCUT2D eigenvalue weighted by Crippen LogP contribution is -2.09. The monoisotopic (exact) mass is 205 g/mol. The number of hydrogen-bond acceptors (Lipinski definition) is 2. The second-order valence-corrected chi connectivity index (χ2v) is 2.75. The normalized spacial score (nSPS) is 11.5. The number of halogens is 3. The van der Waals surface area contributed by atoms with Crippen LogP contribution in [0.3, 0.4) is 0 Å². The van der Waals surface area contributed by atoms with Crippen molar-refractivity contribution in [2.45, 2.75) is 20.0 Å². The number of alkyl halides is 3. The lowest BCUT2D eigenvalue weighted by Gasteiger charge is -2.09. The second kappa shape index (κ2) is 3.86. The average molecular weight is 205 g/mol. The number of hydrogen-bond donors (Lipinski definition) is 0. The van der Waals surface area contributed by atoms with Crippen molar-refractivity contribution in [3.63, 3.8) is 0 Å². The summed E-state index contributed by atoms with van der Waals surface area (Å²) in [6.45, 7) is 3.65. The molecule has 0 aromatic carbocycles. The number of nitrogens with zero attached hydrogens (tertiary/aromatic N) is 1. The Labute approximate surface area is 79.7 Å². The van der Waals surface area contributed by atoms with Gasteiger partial charge in [-0.25, -0.2) is 4.98 Å². The smallest absolute Gasteiger partial charge is 0.433 e. The van der Waals surface area contributed by atoms with Gasteiger partial charge in [0, 0.05) is 5.56 Å². The molecule has 0 spiro atoms. The summed E-state index contributed by atoms with van der Waals surface area (Å²) in [7, 11) is 0. The maximum atomic E-state index is 12.2. The fraction of sp³-hybridized carbons (Fsp3) is 0.444. The molecular formula is C9H10F3NO. The molecule has 14 heavy (non-hydrogen) atoms. The third-order valence-electron chi connectivity index (χ3n) is 1.62. The molecule has 2 nitrogen and oxygen atoms in total. The molecule has 1 aromatic rings. The van der Waals surface area contributed by atoms with Crippen molar-refractivity contribution < 1.29 is 17.9 Å². The van der Waals surface area contributed by atoms with Gasteiger partial charge in [-0.3, -0.25) is 0 Å². The number of aromatic nitrogens is 1. The minimum absolute atomic E-state index is 0.0438. The SMILES string of the molecule is CCOc1nc(C(F)(F)F)ccc1C. The van der Waals surface area contributed by atoms with Crippen LogP contribution in [-0.4, -0.2) is 11.6 Å². The number of ether oxygens (including phenoxy) is 1. The van der Waals surface area contributed by atoms with Crippen LogP contribution >= 0.6 is 0 Å². The minimum Gasteiger partial charge on any atom is -0.478 e. The molecule has 0 N–H and O–H groups in total. The summed E-state index contributed by atoms with van der Waals surface area (Å²) >= 11 is 0. The van der Waals surface area contributed by atoms with Crippen LogP contribution in [0.5, 0.6) is 5.88 Å². The first-order valence-corrected chi connectivity index (χ1v) is 4.12. The predicted molar refractivity (Wildman–Crippen MR) is 45.1 cm³/mol. The van der Waals surface area contributed by atoms with Gasteiger partial charge in [0.2, 0.25) is 5.88 Å². The number of pyridine rings is 1. The van der Waals surface area contributed by atoms with Crippen molar-refractivity contribution in [3.8, 4) is 5.88 Å². The number of aryl methyl sites for hydroxylation is 1. The molecule has 0 aliphatic heterocycles. The van der Waals surface area contributed by atoms with Crippen LogP contribution in [0.2, 0.25) is 0 Å². The highest BCUT2D eigenvalue weighted by molar-refractivity contribution is 5.27. The van der Waals surface area contributed by atoms with Crippen molar-refractivity contribution in [1.82, 2.24) is 4.98 Å². The van der Waals surface area contributed by atoms with Crippen LogP contribution in [0.15, 0.2) is 12.1 Å². The molecule has 0 radical (unpaired) electrons. The third kappa shape index (κ3) is 2.37. The van der Waals surface area contributed by atoms with Crippen molar-refractivity contribution in [2.75, 3.05) is 6.61 Å². The van der Waals surface area contributed by atoms with E-state index in [0.717, 1.165) is 6.07 Å². The Morgan fingerprint density at radius 1 is 1.36 bits per heavy atom. The molecule has 0 atom stereocenters. The Balaban J connectivity index is 3.06. The van der Waals surface area contributed by atoms with Crippen molar-refractivity contribution in [2.24, 2.45) is 0 Å². The summed E-state index contributed by atoms with van der Waals surface area (Å²) < 4.78 is 41.6. The summed E-state index contributed by atoms with van der Waals surface area (Å²) in [6.07, 6.45) is -4.42. The summed E-state index contributed by atoms with van der Waals surface area (Å²) in [5, 5.41) is 0. The van der Waals surface area contributed by atoms with Gasteiger partial charge in [-0.05, 0) is 19.9 Å². The van der Waals surface area contributed by atoms with E-state index in [1.807, 2.05) is 0 Å². The zero-order chi connectivity index (χ0) is 10.8. The molecule has 1 aromatic heterocycles. The zero-order valence-electron chi connectivity index (χ0n) is 7.85. The molecule has 0 saturated carbocycles. The standard InChI is InChI=1S/C9H10F3NO/c1-3-14-8-6(2)4-5-7(13-8)9(10,11)12/h4-5H,3H2,1-2H3. The highest BCUT2D eigenvalue weighted by atomic mass is 19.4. The fourth-order valence-corrected chi connectivity index (χ4v) is 0.951. The molecule has 1 heterocycles.